The summed E-state index contributed by atoms with van der Waals surface area (Å²) in [5.41, 5.74) is 2.76. The fraction of sp³-hybridized carbons (Fsp3) is 0.304. The van der Waals surface area contributed by atoms with Crippen molar-refractivity contribution in [3.05, 3.63) is 77.0 Å². The largest absolute Gasteiger partial charge is 0.489 e. The summed E-state index contributed by atoms with van der Waals surface area (Å²) in [4.78, 5) is 24.7. The second-order valence-corrected chi connectivity index (χ2v) is 7.04. The van der Waals surface area contributed by atoms with Crippen molar-refractivity contribution in [1.82, 2.24) is 10.6 Å². The quantitative estimate of drug-likeness (QED) is 0.689. The third-order valence-electron chi connectivity index (χ3n) is 4.83. The molecule has 2 N–H and O–H groups in total. The maximum absolute atomic E-state index is 12.7. The zero-order valence-electron chi connectivity index (χ0n) is 16.9. The van der Waals surface area contributed by atoms with Gasteiger partial charge in [-0.05, 0) is 43.5 Å². The van der Waals surface area contributed by atoms with Gasteiger partial charge < -0.3 is 20.1 Å². The number of urea groups is 1. The monoisotopic (exact) mass is 394 g/mol. The van der Waals surface area contributed by atoms with Gasteiger partial charge in [-0.2, -0.15) is 0 Å². The molecule has 1 heterocycles. The van der Waals surface area contributed by atoms with E-state index in [9.17, 15) is 9.59 Å². The van der Waals surface area contributed by atoms with E-state index in [1.807, 2.05) is 68.4 Å². The fourth-order valence-electron chi connectivity index (χ4n) is 3.04. The average molecular weight is 394 g/mol. The zero-order valence-corrected chi connectivity index (χ0v) is 16.9. The maximum Gasteiger partial charge on any atom is 0.338 e. The van der Waals surface area contributed by atoms with Gasteiger partial charge in [0.15, 0.2) is 0 Å². The van der Waals surface area contributed by atoms with Crippen molar-refractivity contribution in [3.63, 3.8) is 0 Å². The third-order valence-corrected chi connectivity index (χ3v) is 4.83. The molecule has 0 fully saturated rings. The molecule has 29 heavy (non-hydrogen) atoms. The standard InChI is InChI=1S/C23H26N2O4/c1-4-15(2)29-22(26)20-16(3)24-23(27)25-21(20)18-10-12-19(13-11-18)28-14-17-8-6-5-7-9-17/h5-13,15,21H,4,14H2,1-3H3,(H2,24,25,27)/t15-,21-/m1/s1. The molecule has 2 amide bonds. The van der Waals surface area contributed by atoms with Crippen LogP contribution in [0.25, 0.3) is 0 Å². The first kappa shape index (κ1) is 20.5. The Hall–Kier alpha value is -3.28. The Morgan fingerprint density at radius 1 is 1.10 bits per heavy atom. The number of carbonyl (C=O) groups excluding carboxylic acids is 2. The zero-order chi connectivity index (χ0) is 20.8. The first-order chi connectivity index (χ1) is 14.0. The smallest absolute Gasteiger partial charge is 0.338 e. The van der Waals surface area contributed by atoms with Gasteiger partial charge in [-0.3, -0.25) is 0 Å². The lowest BCUT2D eigenvalue weighted by Crippen LogP contribution is -2.45. The Bertz CT molecular complexity index is 891. The van der Waals surface area contributed by atoms with Crippen molar-refractivity contribution >= 4 is 12.0 Å². The van der Waals surface area contributed by atoms with Gasteiger partial charge in [0.2, 0.25) is 0 Å². The van der Waals surface area contributed by atoms with Crippen LogP contribution in [0.4, 0.5) is 4.79 Å². The van der Waals surface area contributed by atoms with Crippen LogP contribution < -0.4 is 15.4 Å². The van der Waals surface area contributed by atoms with Gasteiger partial charge in [0.05, 0.1) is 17.7 Å². The van der Waals surface area contributed by atoms with E-state index < -0.39 is 12.0 Å². The molecule has 0 saturated heterocycles. The Kier molecular flexibility index (Phi) is 6.54. The molecule has 0 aliphatic carbocycles. The van der Waals surface area contributed by atoms with E-state index in [4.69, 9.17) is 9.47 Å². The number of allylic oxidation sites excluding steroid dienone is 1. The lowest BCUT2D eigenvalue weighted by Gasteiger charge is -2.29. The molecular weight excluding hydrogens is 368 g/mol. The van der Waals surface area contributed by atoms with E-state index in [2.05, 4.69) is 10.6 Å². The lowest BCUT2D eigenvalue weighted by atomic mass is 9.95. The van der Waals surface area contributed by atoms with Crippen LogP contribution >= 0.6 is 0 Å². The number of hydrogen-bond acceptors (Lipinski definition) is 4. The van der Waals surface area contributed by atoms with E-state index in [0.717, 1.165) is 17.5 Å². The first-order valence-electron chi connectivity index (χ1n) is 9.74. The number of ether oxygens (including phenoxy) is 2. The van der Waals surface area contributed by atoms with Crippen molar-refractivity contribution in [3.8, 4) is 5.75 Å². The number of nitrogens with one attached hydrogen (secondary N) is 2. The second kappa shape index (κ2) is 9.28. The number of benzene rings is 2. The van der Waals surface area contributed by atoms with Gasteiger partial charge in [-0.25, -0.2) is 9.59 Å². The van der Waals surface area contributed by atoms with E-state index in [-0.39, 0.29) is 12.1 Å². The second-order valence-electron chi connectivity index (χ2n) is 7.04. The van der Waals surface area contributed by atoms with Crippen LogP contribution in [0.15, 0.2) is 65.9 Å². The van der Waals surface area contributed by atoms with E-state index in [1.54, 1.807) is 6.92 Å². The summed E-state index contributed by atoms with van der Waals surface area (Å²) in [5, 5.41) is 5.47. The minimum Gasteiger partial charge on any atom is -0.489 e. The highest BCUT2D eigenvalue weighted by atomic mass is 16.5. The van der Waals surface area contributed by atoms with Gasteiger partial charge in [-0.15, -0.1) is 0 Å². The van der Waals surface area contributed by atoms with Crippen LogP contribution in [0.2, 0.25) is 0 Å². The number of rotatable bonds is 7. The summed E-state index contributed by atoms with van der Waals surface area (Å²) in [6.45, 7) is 5.97. The number of esters is 1. The van der Waals surface area contributed by atoms with Crippen LogP contribution in [0.3, 0.4) is 0 Å². The Morgan fingerprint density at radius 3 is 2.45 bits per heavy atom. The van der Waals surface area contributed by atoms with Gasteiger partial charge in [0, 0.05) is 5.70 Å². The van der Waals surface area contributed by atoms with E-state index in [0.29, 0.717) is 23.6 Å². The highest BCUT2D eigenvalue weighted by molar-refractivity contribution is 5.95. The number of hydrogen-bond donors (Lipinski definition) is 2. The number of carbonyl (C=O) groups is 2. The van der Waals surface area contributed by atoms with Crippen LogP contribution in [-0.4, -0.2) is 18.1 Å². The molecule has 1 aliphatic rings. The number of amides is 2. The fourth-order valence-corrected chi connectivity index (χ4v) is 3.04. The van der Waals surface area contributed by atoms with Gasteiger partial charge in [-0.1, -0.05) is 49.4 Å². The predicted molar refractivity (Wildman–Crippen MR) is 110 cm³/mol. The van der Waals surface area contributed by atoms with Crippen LogP contribution in [-0.2, 0) is 16.1 Å². The molecule has 152 valence electrons. The predicted octanol–water partition coefficient (Wildman–Crippen LogP) is 4.24. The molecule has 2 aromatic rings. The molecule has 0 spiro atoms. The summed E-state index contributed by atoms with van der Waals surface area (Å²) in [6.07, 6.45) is 0.519. The van der Waals surface area contributed by atoms with Crippen LogP contribution in [0.5, 0.6) is 5.75 Å². The summed E-state index contributed by atoms with van der Waals surface area (Å²) >= 11 is 0. The molecule has 0 saturated carbocycles. The molecular formula is C23H26N2O4. The first-order valence-corrected chi connectivity index (χ1v) is 9.74. The van der Waals surface area contributed by atoms with Gasteiger partial charge >= 0.3 is 12.0 Å². The third kappa shape index (κ3) is 5.16. The summed E-state index contributed by atoms with van der Waals surface area (Å²) in [6, 6.07) is 16.3. The molecule has 0 radical (unpaired) electrons. The van der Waals surface area contributed by atoms with Gasteiger partial charge in [0.25, 0.3) is 0 Å². The van der Waals surface area contributed by atoms with Crippen molar-refractivity contribution in [1.29, 1.82) is 0 Å². The van der Waals surface area contributed by atoms with Crippen LogP contribution in [0.1, 0.15) is 44.4 Å². The summed E-state index contributed by atoms with van der Waals surface area (Å²) < 4.78 is 11.3. The minimum absolute atomic E-state index is 0.199. The SMILES string of the molecule is CC[C@@H](C)OC(=O)C1=C(C)NC(=O)N[C@@H]1c1ccc(OCc2ccccc2)cc1. The normalized spacial score (nSPS) is 17.2. The minimum atomic E-state index is -0.580. The Labute approximate surface area is 170 Å². The molecule has 6 nitrogen and oxygen atoms in total. The highest BCUT2D eigenvalue weighted by Crippen LogP contribution is 2.29. The van der Waals surface area contributed by atoms with Crippen LogP contribution in [0, 0.1) is 0 Å². The molecule has 2 aromatic carbocycles. The maximum atomic E-state index is 12.7. The van der Waals surface area contributed by atoms with Gasteiger partial charge in [0.1, 0.15) is 12.4 Å². The molecule has 3 rings (SSSR count). The van der Waals surface area contributed by atoms with Crippen molar-refractivity contribution in [2.75, 3.05) is 0 Å². The Balaban J connectivity index is 1.76. The van der Waals surface area contributed by atoms with E-state index >= 15 is 0 Å². The molecule has 6 heteroatoms. The Morgan fingerprint density at radius 2 is 1.79 bits per heavy atom. The molecule has 0 unspecified atom stereocenters. The summed E-state index contributed by atoms with van der Waals surface area (Å²) in [7, 11) is 0. The molecule has 1 aliphatic heterocycles. The average Bonchev–Trinajstić information content (AvgIpc) is 2.72. The molecule has 0 bridgehead atoms. The lowest BCUT2D eigenvalue weighted by molar-refractivity contribution is -0.144. The van der Waals surface area contributed by atoms with E-state index in [1.165, 1.54) is 0 Å². The summed E-state index contributed by atoms with van der Waals surface area (Å²) in [5.74, 6) is 0.279. The topological polar surface area (TPSA) is 76.7 Å². The molecule has 2 atom stereocenters. The molecule has 0 aromatic heterocycles. The van der Waals surface area contributed by atoms with Crippen molar-refractivity contribution in [2.24, 2.45) is 0 Å². The highest BCUT2D eigenvalue weighted by Gasteiger charge is 2.32. The van der Waals surface area contributed by atoms with Crippen molar-refractivity contribution < 1.29 is 19.1 Å². The van der Waals surface area contributed by atoms with Crippen molar-refractivity contribution in [2.45, 2.75) is 45.9 Å².